The molecule has 0 unspecified atom stereocenters. The molecule has 3 nitrogen and oxygen atoms in total. The van der Waals surface area contributed by atoms with Gasteiger partial charge in [0.2, 0.25) is 0 Å². The molecule has 0 aliphatic heterocycles. The summed E-state index contributed by atoms with van der Waals surface area (Å²) in [4.78, 5) is 11.7. The van der Waals surface area contributed by atoms with Gasteiger partial charge in [0.1, 0.15) is 5.76 Å². The van der Waals surface area contributed by atoms with Crippen LogP contribution in [0.15, 0.2) is 16.7 Å². The van der Waals surface area contributed by atoms with E-state index in [2.05, 4.69) is 0 Å². The maximum absolute atomic E-state index is 12.8. The van der Waals surface area contributed by atoms with Gasteiger partial charge >= 0.3 is 12.3 Å². The molecule has 0 saturated carbocycles. The molecule has 17 heavy (non-hydrogen) atoms. The lowest BCUT2D eigenvalue weighted by Crippen LogP contribution is -2.45. The van der Waals surface area contributed by atoms with Crippen molar-refractivity contribution in [2.45, 2.75) is 25.8 Å². The third kappa shape index (κ3) is 2.78. The summed E-state index contributed by atoms with van der Waals surface area (Å²) in [6, 6.07) is 1.49. The molecule has 0 N–H and O–H groups in total. The number of amides is 1. The lowest BCUT2D eigenvalue weighted by atomic mass is 10.2. The maximum atomic E-state index is 12.8. The Morgan fingerprint density at radius 3 is 2.53 bits per heavy atom. The van der Waals surface area contributed by atoms with E-state index in [0.29, 0.717) is 16.2 Å². The van der Waals surface area contributed by atoms with Crippen LogP contribution in [0.5, 0.6) is 0 Å². The van der Waals surface area contributed by atoms with Gasteiger partial charge in [-0.05, 0) is 13.0 Å². The number of aryl methyl sites for hydroxylation is 1. The van der Waals surface area contributed by atoms with Crippen molar-refractivity contribution in [1.82, 2.24) is 4.90 Å². The normalized spacial score (nSPS) is 11.9. The summed E-state index contributed by atoms with van der Waals surface area (Å²) in [5.74, 6) is -6.12. The van der Waals surface area contributed by atoms with Crippen LogP contribution in [0.4, 0.5) is 17.6 Å². The zero-order valence-corrected chi connectivity index (χ0v) is 9.21. The molecular weight excluding hydrogens is 242 g/mol. The Kier molecular flexibility index (Phi) is 3.79. The molecule has 1 aromatic heterocycles. The fraction of sp³-hybridized carbons (Fsp3) is 0.500. The first-order chi connectivity index (χ1) is 7.76. The van der Waals surface area contributed by atoms with Crippen molar-refractivity contribution < 1.29 is 26.8 Å². The minimum atomic E-state index is -4.66. The van der Waals surface area contributed by atoms with Gasteiger partial charge in [-0.3, -0.25) is 4.79 Å². The molecule has 0 aromatic carbocycles. The number of hydrogen-bond donors (Lipinski definition) is 0. The molecule has 0 spiro atoms. The minimum Gasteiger partial charge on any atom is -0.469 e. The molecule has 0 fully saturated rings. The van der Waals surface area contributed by atoms with E-state index in [-0.39, 0.29) is 6.54 Å². The summed E-state index contributed by atoms with van der Waals surface area (Å²) >= 11 is 0. The Bertz CT molecular complexity index is 403. The Balaban J connectivity index is 2.75. The van der Waals surface area contributed by atoms with Crippen LogP contribution in [-0.4, -0.2) is 30.2 Å². The predicted octanol–water partition coefficient (Wildman–Crippen LogP) is 2.45. The van der Waals surface area contributed by atoms with E-state index in [1.165, 1.54) is 12.3 Å². The summed E-state index contributed by atoms with van der Waals surface area (Å²) in [5, 5.41) is 0. The maximum Gasteiger partial charge on any atom is 0.383 e. The summed E-state index contributed by atoms with van der Waals surface area (Å²) in [7, 11) is 1.03. The summed E-state index contributed by atoms with van der Waals surface area (Å²) in [6.07, 6.45) is -2.68. The first-order valence-electron chi connectivity index (χ1n) is 4.71. The van der Waals surface area contributed by atoms with Crippen LogP contribution in [-0.2, 0) is 11.3 Å². The number of carbonyl (C=O) groups is 1. The highest BCUT2D eigenvalue weighted by molar-refractivity contribution is 5.83. The van der Waals surface area contributed by atoms with E-state index >= 15 is 0 Å². The second-order valence-electron chi connectivity index (χ2n) is 3.59. The van der Waals surface area contributed by atoms with Gasteiger partial charge in [0.25, 0.3) is 5.91 Å². The standard InChI is InChI=1S/C10H11F4NO2/c1-6-7(3-4-17-6)5-15(2)9(16)10(13,14)8(11)12/h3-4,8H,5H2,1-2H3. The third-order valence-corrected chi connectivity index (χ3v) is 2.28. The van der Waals surface area contributed by atoms with Gasteiger partial charge in [-0.1, -0.05) is 0 Å². The zero-order chi connectivity index (χ0) is 13.2. The first-order valence-corrected chi connectivity index (χ1v) is 4.71. The van der Waals surface area contributed by atoms with Crippen LogP contribution in [0, 0.1) is 6.92 Å². The summed E-state index contributed by atoms with van der Waals surface area (Å²) in [6.45, 7) is 1.38. The molecule has 0 radical (unpaired) electrons. The van der Waals surface area contributed by atoms with Crippen molar-refractivity contribution in [1.29, 1.82) is 0 Å². The van der Waals surface area contributed by atoms with Gasteiger partial charge < -0.3 is 9.32 Å². The Morgan fingerprint density at radius 1 is 1.53 bits per heavy atom. The molecule has 96 valence electrons. The van der Waals surface area contributed by atoms with Gasteiger partial charge in [0, 0.05) is 19.2 Å². The van der Waals surface area contributed by atoms with E-state index in [1.54, 1.807) is 6.92 Å². The second-order valence-corrected chi connectivity index (χ2v) is 3.59. The van der Waals surface area contributed by atoms with Crippen molar-refractivity contribution in [3.8, 4) is 0 Å². The Hall–Kier alpha value is -1.53. The molecule has 1 amide bonds. The van der Waals surface area contributed by atoms with Gasteiger partial charge in [-0.2, -0.15) is 8.78 Å². The smallest absolute Gasteiger partial charge is 0.383 e. The number of alkyl halides is 4. The largest absolute Gasteiger partial charge is 0.469 e. The number of rotatable bonds is 4. The van der Waals surface area contributed by atoms with E-state index in [1.807, 2.05) is 0 Å². The van der Waals surface area contributed by atoms with Crippen molar-refractivity contribution in [3.63, 3.8) is 0 Å². The average molecular weight is 253 g/mol. The van der Waals surface area contributed by atoms with E-state index in [0.717, 1.165) is 7.05 Å². The number of hydrogen-bond acceptors (Lipinski definition) is 2. The average Bonchev–Trinajstić information content (AvgIpc) is 2.63. The molecule has 1 aromatic rings. The second kappa shape index (κ2) is 4.77. The molecular formula is C10H11F4NO2. The zero-order valence-electron chi connectivity index (χ0n) is 9.21. The van der Waals surface area contributed by atoms with Gasteiger partial charge in [-0.25, -0.2) is 8.78 Å². The van der Waals surface area contributed by atoms with Crippen molar-refractivity contribution in [3.05, 3.63) is 23.7 Å². The van der Waals surface area contributed by atoms with Gasteiger partial charge in [-0.15, -0.1) is 0 Å². The predicted molar refractivity (Wildman–Crippen MR) is 50.9 cm³/mol. The first kappa shape index (κ1) is 13.5. The van der Waals surface area contributed by atoms with Crippen LogP contribution in [0.3, 0.4) is 0 Å². The van der Waals surface area contributed by atoms with Crippen molar-refractivity contribution in [2.75, 3.05) is 7.05 Å². The molecule has 7 heteroatoms. The quantitative estimate of drug-likeness (QED) is 0.772. The van der Waals surface area contributed by atoms with Crippen LogP contribution in [0.25, 0.3) is 0 Å². The van der Waals surface area contributed by atoms with E-state index < -0.39 is 18.3 Å². The fourth-order valence-electron chi connectivity index (χ4n) is 1.25. The molecule has 0 aliphatic carbocycles. The van der Waals surface area contributed by atoms with Gasteiger partial charge in [0.15, 0.2) is 0 Å². The number of furan rings is 1. The molecule has 0 saturated heterocycles. The lowest BCUT2D eigenvalue weighted by molar-refractivity contribution is -0.179. The highest BCUT2D eigenvalue weighted by Gasteiger charge is 2.50. The SMILES string of the molecule is Cc1occc1CN(C)C(=O)C(F)(F)C(F)F. The highest BCUT2D eigenvalue weighted by atomic mass is 19.3. The van der Waals surface area contributed by atoms with E-state index in [4.69, 9.17) is 4.42 Å². The summed E-state index contributed by atoms with van der Waals surface area (Å²) < 4.78 is 54.3. The van der Waals surface area contributed by atoms with Crippen LogP contribution in [0.2, 0.25) is 0 Å². The molecule has 1 rings (SSSR count). The number of halogens is 4. The molecule has 0 bridgehead atoms. The molecule has 1 heterocycles. The monoisotopic (exact) mass is 253 g/mol. The van der Waals surface area contributed by atoms with Gasteiger partial charge in [0.05, 0.1) is 6.26 Å². The lowest BCUT2D eigenvalue weighted by Gasteiger charge is -2.22. The van der Waals surface area contributed by atoms with Crippen molar-refractivity contribution >= 4 is 5.91 Å². The summed E-state index contributed by atoms with van der Waals surface area (Å²) in [5.41, 5.74) is 0.492. The molecule has 0 aliphatic rings. The van der Waals surface area contributed by atoms with E-state index in [9.17, 15) is 22.4 Å². The Labute approximate surface area is 95.0 Å². The van der Waals surface area contributed by atoms with Crippen LogP contribution >= 0.6 is 0 Å². The van der Waals surface area contributed by atoms with Crippen molar-refractivity contribution in [2.24, 2.45) is 0 Å². The minimum absolute atomic E-state index is 0.205. The topological polar surface area (TPSA) is 33.5 Å². The number of carbonyl (C=O) groups excluding carboxylic acids is 1. The fourth-order valence-corrected chi connectivity index (χ4v) is 1.25. The number of nitrogens with zero attached hydrogens (tertiary/aromatic N) is 1. The Morgan fingerprint density at radius 2 is 2.12 bits per heavy atom. The third-order valence-electron chi connectivity index (χ3n) is 2.28. The van der Waals surface area contributed by atoms with Crippen LogP contribution < -0.4 is 0 Å². The molecule has 0 atom stereocenters. The van der Waals surface area contributed by atoms with Crippen LogP contribution in [0.1, 0.15) is 11.3 Å². The highest BCUT2D eigenvalue weighted by Crippen LogP contribution is 2.25.